The smallest absolute Gasteiger partial charge is 0.134 e. The lowest BCUT2D eigenvalue weighted by Gasteiger charge is -2.29. The van der Waals surface area contributed by atoms with Crippen molar-refractivity contribution in [3.05, 3.63) is 11.4 Å². The van der Waals surface area contributed by atoms with Crippen molar-refractivity contribution in [1.82, 2.24) is 9.97 Å². The maximum absolute atomic E-state index is 4.67. The van der Waals surface area contributed by atoms with Crippen molar-refractivity contribution in [1.29, 1.82) is 0 Å². The normalized spacial score (nSPS) is 17.8. The highest BCUT2D eigenvalue weighted by Crippen LogP contribution is 2.29. The molecule has 1 aliphatic carbocycles. The number of aryl methyl sites for hydroxylation is 1. The minimum absolute atomic E-state index is 0.485. The Morgan fingerprint density at radius 1 is 1.15 bits per heavy atom. The van der Waals surface area contributed by atoms with Crippen LogP contribution in [0.5, 0.6) is 0 Å². The zero-order valence-electron chi connectivity index (χ0n) is 13.3. The summed E-state index contributed by atoms with van der Waals surface area (Å²) in [6, 6.07) is 0.485. The number of anilines is 2. The van der Waals surface area contributed by atoms with Gasteiger partial charge in [-0.15, -0.1) is 0 Å². The molecule has 2 N–H and O–H groups in total. The fraction of sp³-hybridized carbons (Fsp3) is 0.750. The van der Waals surface area contributed by atoms with Crippen LogP contribution in [0.2, 0.25) is 0 Å². The summed E-state index contributed by atoms with van der Waals surface area (Å²) >= 11 is 0. The highest BCUT2D eigenvalue weighted by Gasteiger charge is 2.21. The van der Waals surface area contributed by atoms with E-state index in [1.165, 1.54) is 32.1 Å². The molecular weight excluding hydrogens is 248 g/mol. The molecule has 0 radical (unpaired) electrons. The second-order valence-electron chi connectivity index (χ2n) is 5.90. The van der Waals surface area contributed by atoms with Crippen molar-refractivity contribution >= 4 is 11.6 Å². The van der Waals surface area contributed by atoms with Crippen LogP contribution in [-0.4, -0.2) is 23.1 Å². The van der Waals surface area contributed by atoms with E-state index in [9.17, 15) is 0 Å². The highest BCUT2D eigenvalue weighted by molar-refractivity contribution is 5.57. The topological polar surface area (TPSA) is 49.8 Å². The van der Waals surface area contributed by atoms with Gasteiger partial charge in [-0.2, -0.15) is 0 Å². The van der Waals surface area contributed by atoms with E-state index in [0.717, 1.165) is 35.4 Å². The number of aromatic nitrogens is 2. The Labute approximate surface area is 122 Å². The maximum atomic E-state index is 4.67. The number of nitrogens with one attached hydrogen (secondary N) is 2. The minimum atomic E-state index is 0.485. The molecule has 4 heteroatoms. The molecule has 1 atom stereocenters. The van der Waals surface area contributed by atoms with Crippen LogP contribution in [0.1, 0.15) is 57.3 Å². The van der Waals surface area contributed by atoms with Gasteiger partial charge in [0, 0.05) is 25.1 Å². The average Bonchev–Trinajstić information content (AvgIpc) is 2.50. The van der Waals surface area contributed by atoms with Crippen LogP contribution in [0.3, 0.4) is 0 Å². The van der Waals surface area contributed by atoms with Crippen LogP contribution >= 0.6 is 0 Å². The average molecular weight is 276 g/mol. The van der Waals surface area contributed by atoms with Gasteiger partial charge in [0.1, 0.15) is 17.5 Å². The third kappa shape index (κ3) is 3.41. The summed E-state index contributed by atoms with van der Waals surface area (Å²) in [5.74, 6) is 3.62. The second kappa shape index (κ2) is 6.91. The molecule has 0 bridgehead atoms. The third-order valence-corrected chi connectivity index (χ3v) is 4.47. The Kier molecular flexibility index (Phi) is 5.21. The summed E-state index contributed by atoms with van der Waals surface area (Å²) in [6.45, 7) is 6.47. The van der Waals surface area contributed by atoms with Crippen LogP contribution < -0.4 is 10.6 Å². The van der Waals surface area contributed by atoms with Gasteiger partial charge in [0.2, 0.25) is 0 Å². The Morgan fingerprint density at radius 3 is 2.40 bits per heavy atom. The van der Waals surface area contributed by atoms with Gasteiger partial charge in [-0.25, -0.2) is 9.97 Å². The Morgan fingerprint density at radius 2 is 1.80 bits per heavy atom. The summed E-state index contributed by atoms with van der Waals surface area (Å²) in [5.41, 5.74) is 1.12. The lowest BCUT2D eigenvalue weighted by atomic mass is 9.84. The van der Waals surface area contributed by atoms with Crippen molar-refractivity contribution in [2.75, 3.05) is 17.7 Å². The molecule has 2 rings (SSSR count). The van der Waals surface area contributed by atoms with Crippen molar-refractivity contribution in [3.63, 3.8) is 0 Å². The summed E-state index contributed by atoms with van der Waals surface area (Å²) in [4.78, 5) is 9.20. The Bertz CT molecular complexity index is 438. The van der Waals surface area contributed by atoms with E-state index < -0.39 is 0 Å². The molecule has 0 aliphatic heterocycles. The van der Waals surface area contributed by atoms with Gasteiger partial charge in [-0.05, 0) is 32.6 Å². The van der Waals surface area contributed by atoms with E-state index in [1.807, 2.05) is 7.05 Å². The van der Waals surface area contributed by atoms with Crippen LogP contribution in [-0.2, 0) is 6.42 Å². The molecule has 0 amide bonds. The number of hydrogen-bond acceptors (Lipinski definition) is 4. The zero-order valence-corrected chi connectivity index (χ0v) is 13.3. The summed E-state index contributed by atoms with van der Waals surface area (Å²) in [5, 5.41) is 6.81. The Hall–Kier alpha value is -1.32. The van der Waals surface area contributed by atoms with E-state index in [-0.39, 0.29) is 0 Å². The number of hydrogen-bond donors (Lipinski definition) is 2. The lowest BCUT2D eigenvalue weighted by Crippen LogP contribution is -2.28. The van der Waals surface area contributed by atoms with E-state index in [2.05, 4.69) is 41.4 Å². The van der Waals surface area contributed by atoms with Gasteiger partial charge in [-0.1, -0.05) is 26.2 Å². The Balaban J connectivity index is 2.14. The quantitative estimate of drug-likeness (QED) is 0.859. The van der Waals surface area contributed by atoms with Gasteiger partial charge in [0.15, 0.2) is 0 Å². The molecule has 112 valence electrons. The standard InChI is InChI=1S/C16H28N4/c1-5-14-19-15(17-4)11(2)16(20-14)18-12(3)13-9-7-6-8-10-13/h12-13H,5-10H2,1-4H3,(H2,17,18,19,20). The molecule has 0 spiro atoms. The maximum Gasteiger partial charge on any atom is 0.134 e. The van der Waals surface area contributed by atoms with Crippen molar-refractivity contribution in [3.8, 4) is 0 Å². The van der Waals surface area contributed by atoms with Crippen molar-refractivity contribution < 1.29 is 0 Å². The fourth-order valence-corrected chi connectivity index (χ4v) is 3.07. The van der Waals surface area contributed by atoms with Crippen LogP contribution in [0.4, 0.5) is 11.6 Å². The third-order valence-electron chi connectivity index (χ3n) is 4.47. The van der Waals surface area contributed by atoms with Crippen LogP contribution in [0, 0.1) is 12.8 Å². The van der Waals surface area contributed by atoms with Crippen LogP contribution in [0.25, 0.3) is 0 Å². The molecule has 0 aromatic carbocycles. The first-order valence-electron chi connectivity index (χ1n) is 7.97. The molecule has 1 heterocycles. The fourth-order valence-electron chi connectivity index (χ4n) is 3.07. The predicted molar refractivity (Wildman–Crippen MR) is 85.4 cm³/mol. The molecule has 1 unspecified atom stereocenters. The highest BCUT2D eigenvalue weighted by atomic mass is 15.1. The van der Waals surface area contributed by atoms with Gasteiger partial charge in [-0.3, -0.25) is 0 Å². The first-order valence-corrected chi connectivity index (χ1v) is 7.97. The first-order chi connectivity index (χ1) is 9.65. The van der Waals surface area contributed by atoms with E-state index in [4.69, 9.17) is 0 Å². The molecule has 1 saturated carbocycles. The minimum Gasteiger partial charge on any atom is -0.373 e. The molecule has 20 heavy (non-hydrogen) atoms. The summed E-state index contributed by atoms with van der Waals surface area (Å²) in [7, 11) is 1.92. The molecule has 1 aromatic heterocycles. The number of nitrogens with zero attached hydrogens (tertiary/aromatic N) is 2. The SMILES string of the molecule is CCc1nc(NC)c(C)c(NC(C)C2CCCCC2)n1. The van der Waals surface area contributed by atoms with Gasteiger partial charge >= 0.3 is 0 Å². The molecule has 1 aromatic rings. The molecule has 1 aliphatic rings. The summed E-state index contributed by atoms with van der Waals surface area (Å²) < 4.78 is 0. The van der Waals surface area contributed by atoms with Gasteiger partial charge in [0.05, 0.1) is 0 Å². The zero-order chi connectivity index (χ0) is 14.5. The monoisotopic (exact) mass is 276 g/mol. The molecule has 0 saturated heterocycles. The molecular formula is C16H28N4. The van der Waals surface area contributed by atoms with E-state index in [0.29, 0.717) is 6.04 Å². The molecule has 1 fully saturated rings. The number of rotatable bonds is 5. The van der Waals surface area contributed by atoms with Gasteiger partial charge < -0.3 is 10.6 Å². The largest absolute Gasteiger partial charge is 0.373 e. The molecule has 4 nitrogen and oxygen atoms in total. The first kappa shape index (κ1) is 15.1. The second-order valence-corrected chi connectivity index (χ2v) is 5.90. The van der Waals surface area contributed by atoms with Crippen molar-refractivity contribution in [2.24, 2.45) is 5.92 Å². The summed E-state index contributed by atoms with van der Waals surface area (Å²) in [6.07, 6.45) is 7.71. The van der Waals surface area contributed by atoms with Gasteiger partial charge in [0.25, 0.3) is 0 Å². The van der Waals surface area contributed by atoms with Crippen LogP contribution in [0.15, 0.2) is 0 Å². The lowest BCUT2D eigenvalue weighted by molar-refractivity contribution is 0.328. The van der Waals surface area contributed by atoms with E-state index in [1.54, 1.807) is 0 Å². The van der Waals surface area contributed by atoms with E-state index >= 15 is 0 Å². The van der Waals surface area contributed by atoms with Crippen molar-refractivity contribution in [2.45, 2.75) is 65.3 Å². The predicted octanol–water partition coefficient (Wildman–Crippen LogP) is 3.77.